The Morgan fingerprint density at radius 3 is 2.52 bits per heavy atom. The van der Waals surface area contributed by atoms with Crippen LogP contribution in [0.4, 0.5) is 14.9 Å². The van der Waals surface area contributed by atoms with E-state index in [9.17, 15) is 14.4 Å². The van der Waals surface area contributed by atoms with Crippen LogP contribution >= 0.6 is 11.8 Å². The third-order valence-corrected chi connectivity index (χ3v) is 6.88. The number of imide groups is 1. The van der Waals surface area contributed by atoms with Crippen molar-refractivity contribution in [2.24, 2.45) is 0 Å². The van der Waals surface area contributed by atoms with Crippen molar-refractivity contribution in [1.29, 1.82) is 0 Å². The van der Waals surface area contributed by atoms with E-state index in [1.807, 2.05) is 19.9 Å². The molecule has 2 aliphatic rings. The van der Waals surface area contributed by atoms with Gasteiger partial charge in [-0.1, -0.05) is 19.9 Å². The molecule has 0 radical (unpaired) electrons. The van der Waals surface area contributed by atoms with Gasteiger partial charge in [0.2, 0.25) is 5.91 Å². The number of nitrogens with one attached hydrogen (secondary N) is 1. The number of amides is 3. The maximum absolute atomic E-state index is 15.1. The first-order valence-corrected chi connectivity index (χ1v) is 11.5. The van der Waals surface area contributed by atoms with Crippen molar-refractivity contribution in [3.8, 4) is 16.9 Å². The first kappa shape index (κ1) is 23.0. The number of anilines is 1. The molecule has 0 unspecified atom stereocenters. The van der Waals surface area contributed by atoms with E-state index in [0.29, 0.717) is 24.1 Å². The van der Waals surface area contributed by atoms with Crippen LogP contribution in [0.15, 0.2) is 29.2 Å². The molecule has 3 amide bonds. The molecule has 1 N–H and O–H groups in total. The highest BCUT2D eigenvalue weighted by Gasteiger charge is 2.37. The van der Waals surface area contributed by atoms with Crippen molar-refractivity contribution in [3.63, 3.8) is 0 Å². The molecular formula is C25H25FN2O4S. The number of hydrogen-bond acceptors (Lipinski definition) is 5. The van der Waals surface area contributed by atoms with Gasteiger partial charge < -0.3 is 9.64 Å². The Hall–Kier alpha value is -3.13. The molecule has 8 heteroatoms. The zero-order valence-corrected chi connectivity index (χ0v) is 20.0. The van der Waals surface area contributed by atoms with E-state index in [-0.39, 0.29) is 22.0 Å². The van der Waals surface area contributed by atoms with Crippen LogP contribution in [-0.4, -0.2) is 30.7 Å². The Bertz CT molecular complexity index is 1240. The van der Waals surface area contributed by atoms with Gasteiger partial charge in [-0.3, -0.25) is 19.7 Å². The molecule has 6 nitrogen and oxygen atoms in total. The molecule has 0 aromatic heterocycles. The average molecular weight is 469 g/mol. The van der Waals surface area contributed by atoms with Gasteiger partial charge in [0.15, 0.2) is 11.6 Å². The molecule has 0 aliphatic carbocycles. The fraction of sp³-hybridized carbons (Fsp3) is 0.320. The Morgan fingerprint density at radius 1 is 1.18 bits per heavy atom. The molecule has 1 saturated heterocycles. The molecule has 2 aromatic carbocycles. The maximum Gasteiger partial charge on any atom is 0.290 e. The Labute approximate surface area is 196 Å². The smallest absolute Gasteiger partial charge is 0.290 e. The summed E-state index contributed by atoms with van der Waals surface area (Å²) < 4.78 is 20.4. The summed E-state index contributed by atoms with van der Waals surface area (Å²) in [4.78, 5) is 38.2. The lowest BCUT2D eigenvalue weighted by Gasteiger charge is -2.39. The summed E-state index contributed by atoms with van der Waals surface area (Å²) in [6.45, 7) is 8.50. The Morgan fingerprint density at radius 2 is 1.91 bits per heavy atom. The average Bonchev–Trinajstić information content (AvgIpc) is 3.04. The molecule has 0 saturated carbocycles. The predicted octanol–water partition coefficient (Wildman–Crippen LogP) is 5.17. The number of benzene rings is 2. The molecule has 2 aromatic rings. The summed E-state index contributed by atoms with van der Waals surface area (Å²) in [5.41, 5.74) is 4.14. The van der Waals surface area contributed by atoms with Gasteiger partial charge in [0.1, 0.15) is 0 Å². The topological polar surface area (TPSA) is 75.7 Å². The molecule has 172 valence electrons. The van der Waals surface area contributed by atoms with Gasteiger partial charge in [-0.2, -0.15) is 0 Å². The number of hydrogen-bond donors (Lipinski definition) is 1. The van der Waals surface area contributed by atoms with Crippen molar-refractivity contribution >= 4 is 40.6 Å². The summed E-state index contributed by atoms with van der Waals surface area (Å²) in [5.74, 6) is -0.968. The van der Waals surface area contributed by atoms with Crippen LogP contribution in [0.25, 0.3) is 17.2 Å². The molecule has 0 bridgehead atoms. The van der Waals surface area contributed by atoms with Gasteiger partial charge in [-0.15, -0.1) is 0 Å². The van der Waals surface area contributed by atoms with Crippen LogP contribution in [0.3, 0.4) is 0 Å². The predicted molar refractivity (Wildman–Crippen MR) is 128 cm³/mol. The highest BCUT2D eigenvalue weighted by molar-refractivity contribution is 8.18. The van der Waals surface area contributed by atoms with Crippen LogP contribution in [0.2, 0.25) is 0 Å². The van der Waals surface area contributed by atoms with Crippen LogP contribution in [0, 0.1) is 12.7 Å². The molecule has 2 aliphatic heterocycles. The van der Waals surface area contributed by atoms with Crippen molar-refractivity contribution < 1.29 is 23.5 Å². The van der Waals surface area contributed by atoms with E-state index in [0.717, 1.165) is 34.1 Å². The molecule has 0 atom stereocenters. The van der Waals surface area contributed by atoms with Crippen LogP contribution < -0.4 is 15.0 Å². The van der Waals surface area contributed by atoms with Crippen molar-refractivity contribution in [2.75, 3.05) is 18.6 Å². The van der Waals surface area contributed by atoms with Crippen molar-refractivity contribution in [1.82, 2.24) is 5.32 Å². The standard InChI is InChI=1S/C25H25FN2O4S/c1-6-28-19-11-15(13(2)7-17(19)25(3,4)12-21(28)29)16-8-14(9-18(26)22(16)32-5)10-20-23(30)27-24(31)33-20/h7-11H,6,12H2,1-5H3,(H,27,30,31)/b20-10-. The fourth-order valence-electron chi connectivity index (χ4n) is 4.48. The van der Waals surface area contributed by atoms with Gasteiger partial charge >= 0.3 is 0 Å². The Kier molecular flexibility index (Phi) is 5.82. The zero-order chi connectivity index (χ0) is 24.1. The number of fused-ring (bicyclic) bond motifs is 1. The van der Waals surface area contributed by atoms with E-state index >= 15 is 4.39 Å². The van der Waals surface area contributed by atoms with Crippen LogP contribution in [-0.2, 0) is 15.0 Å². The first-order chi connectivity index (χ1) is 15.6. The van der Waals surface area contributed by atoms with Gasteiger partial charge in [0, 0.05) is 29.6 Å². The molecule has 2 heterocycles. The lowest BCUT2D eigenvalue weighted by molar-refractivity contribution is -0.120. The summed E-state index contributed by atoms with van der Waals surface area (Å²) in [6, 6.07) is 6.97. The van der Waals surface area contributed by atoms with Gasteiger partial charge in [0.25, 0.3) is 11.1 Å². The SMILES string of the molecule is CCN1C(=O)CC(C)(C)c2cc(C)c(-c3cc(/C=C4\SC(=O)NC4=O)cc(F)c3OC)cc21. The number of aryl methyl sites for hydroxylation is 1. The number of halogens is 1. The third-order valence-electron chi connectivity index (χ3n) is 6.07. The number of ether oxygens (including phenoxy) is 1. The molecule has 4 rings (SSSR count). The maximum atomic E-state index is 15.1. The zero-order valence-electron chi connectivity index (χ0n) is 19.2. The van der Waals surface area contributed by atoms with Crippen LogP contribution in [0.5, 0.6) is 5.75 Å². The summed E-state index contributed by atoms with van der Waals surface area (Å²) in [7, 11) is 1.40. The molecule has 1 fully saturated rings. The second-order valence-electron chi connectivity index (χ2n) is 8.82. The highest BCUT2D eigenvalue weighted by Crippen LogP contribution is 2.45. The van der Waals surface area contributed by atoms with Gasteiger partial charge in [0.05, 0.1) is 12.0 Å². The summed E-state index contributed by atoms with van der Waals surface area (Å²) >= 11 is 0.775. The van der Waals surface area contributed by atoms with Gasteiger partial charge in [-0.05, 0) is 72.1 Å². The second kappa shape index (κ2) is 8.33. The summed E-state index contributed by atoms with van der Waals surface area (Å²) in [6.07, 6.45) is 1.90. The fourth-order valence-corrected chi connectivity index (χ4v) is 5.16. The first-order valence-electron chi connectivity index (χ1n) is 10.6. The highest BCUT2D eigenvalue weighted by atomic mass is 32.2. The minimum atomic E-state index is -0.586. The number of nitrogens with zero attached hydrogens (tertiary/aromatic N) is 1. The summed E-state index contributed by atoms with van der Waals surface area (Å²) in [5, 5.41) is 1.74. The number of rotatable bonds is 4. The minimum Gasteiger partial charge on any atom is -0.493 e. The lowest BCUT2D eigenvalue weighted by Crippen LogP contribution is -2.41. The number of methoxy groups -OCH3 is 1. The lowest BCUT2D eigenvalue weighted by atomic mass is 9.75. The third kappa shape index (κ3) is 4.04. The number of carbonyl (C=O) groups is 3. The van der Waals surface area contributed by atoms with E-state index in [1.54, 1.807) is 11.0 Å². The van der Waals surface area contributed by atoms with Crippen molar-refractivity contribution in [2.45, 2.75) is 39.5 Å². The van der Waals surface area contributed by atoms with E-state index in [2.05, 4.69) is 25.2 Å². The molecular weight excluding hydrogens is 443 g/mol. The minimum absolute atomic E-state index is 0.0513. The molecule has 0 spiro atoms. The van der Waals surface area contributed by atoms with Crippen molar-refractivity contribution in [3.05, 3.63) is 51.7 Å². The molecule has 33 heavy (non-hydrogen) atoms. The van der Waals surface area contributed by atoms with Gasteiger partial charge in [-0.25, -0.2) is 4.39 Å². The largest absolute Gasteiger partial charge is 0.493 e. The second-order valence-corrected chi connectivity index (χ2v) is 9.83. The Balaban J connectivity index is 1.92. The number of thioether (sulfide) groups is 1. The quantitative estimate of drug-likeness (QED) is 0.627. The normalized spacial score (nSPS) is 18.5. The monoisotopic (exact) mass is 468 g/mol. The van der Waals surface area contributed by atoms with E-state index in [4.69, 9.17) is 4.74 Å². The number of carbonyl (C=O) groups excluding carboxylic acids is 3. The van der Waals surface area contributed by atoms with E-state index in [1.165, 1.54) is 19.3 Å². The van der Waals surface area contributed by atoms with E-state index < -0.39 is 17.0 Å². The van der Waals surface area contributed by atoms with Crippen LogP contribution in [0.1, 0.15) is 43.9 Å².